The van der Waals surface area contributed by atoms with Crippen LogP contribution in [-0.2, 0) is 4.79 Å². The number of piperazine rings is 1. The summed E-state index contributed by atoms with van der Waals surface area (Å²) in [4.78, 5) is 15.4. The lowest BCUT2D eigenvalue weighted by Gasteiger charge is -2.36. The minimum Gasteiger partial charge on any atom is -0.366 e. The van der Waals surface area contributed by atoms with Gasteiger partial charge in [-0.3, -0.25) is 4.79 Å². The number of anilines is 1. The number of nitrogens with zero attached hydrogens (tertiary/aromatic N) is 2. The molecule has 114 valence electrons. The summed E-state index contributed by atoms with van der Waals surface area (Å²) in [5, 5.41) is 0. The highest BCUT2D eigenvalue weighted by atomic mass is 35.5. The Morgan fingerprint density at radius 2 is 1.75 bits per heavy atom. The predicted molar refractivity (Wildman–Crippen MR) is 83.3 cm³/mol. The molecule has 1 aliphatic rings. The highest BCUT2D eigenvalue weighted by Gasteiger charge is 2.24. The van der Waals surface area contributed by atoms with E-state index in [9.17, 15) is 9.18 Å². The summed E-state index contributed by atoms with van der Waals surface area (Å²) in [6, 6.07) is 6.24. The summed E-state index contributed by atoms with van der Waals surface area (Å²) >= 11 is 0. The van der Waals surface area contributed by atoms with Crippen molar-refractivity contribution in [3.8, 4) is 0 Å². The van der Waals surface area contributed by atoms with Gasteiger partial charge in [0, 0.05) is 26.2 Å². The number of hydrogen-bond acceptors (Lipinski definition) is 3. The number of benzene rings is 1. The lowest BCUT2D eigenvalue weighted by Crippen LogP contribution is -2.52. The maximum absolute atomic E-state index is 13.6. The Labute approximate surface area is 130 Å². The summed E-state index contributed by atoms with van der Waals surface area (Å²) in [5.41, 5.74) is 6.17. The number of rotatable bonds is 2. The fourth-order valence-corrected chi connectivity index (χ4v) is 2.16. The van der Waals surface area contributed by atoms with Crippen LogP contribution in [-0.4, -0.2) is 43.0 Å². The van der Waals surface area contributed by atoms with Gasteiger partial charge in [-0.05, 0) is 19.1 Å². The van der Waals surface area contributed by atoms with Gasteiger partial charge < -0.3 is 15.5 Å². The van der Waals surface area contributed by atoms with Crippen molar-refractivity contribution in [2.45, 2.75) is 13.0 Å². The van der Waals surface area contributed by atoms with Crippen molar-refractivity contribution in [2.75, 3.05) is 31.1 Å². The van der Waals surface area contributed by atoms with Gasteiger partial charge in [-0.15, -0.1) is 24.8 Å². The van der Waals surface area contributed by atoms with Crippen LogP contribution in [0.4, 0.5) is 10.1 Å². The Hall–Kier alpha value is -1.04. The van der Waals surface area contributed by atoms with E-state index in [0.29, 0.717) is 31.9 Å². The molecule has 1 heterocycles. The number of nitrogens with two attached hydrogens (primary N) is 1. The zero-order valence-corrected chi connectivity index (χ0v) is 12.9. The summed E-state index contributed by atoms with van der Waals surface area (Å²) in [6.07, 6.45) is 0. The van der Waals surface area contributed by atoms with Crippen molar-refractivity contribution in [1.29, 1.82) is 0 Å². The number of carbonyl (C=O) groups is 1. The third-order valence-corrected chi connectivity index (χ3v) is 3.17. The lowest BCUT2D eigenvalue weighted by atomic mass is 10.2. The van der Waals surface area contributed by atoms with E-state index < -0.39 is 6.04 Å². The van der Waals surface area contributed by atoms with Gasteiger partial charge in [0.05, 0.1) is 11.7 Å². The van der Waals surface area contributed by atoms with E-state index >= 15 is 0 Å². The van der Waals surface area contributed by atoms with Crippen LogP contribution in [0, 0.1) is 5.82 Å². The highest BCUT2D eigenvalue weighted by molar-refractivity contribution is 5.85. The molecule has 0 saturated carbocycles. The van der Waals surface area contributed by atoms with Crippen LogP contribution < -0.4 is 10.6 Å². The fourth-order valence-electron chi connectivity index (χ4n) is 2.16. The van der Waals surface area contributed by atoms with E-state index in [-0.39, 0.29) is 36.5 Å². The smallest absolute Gasteiger partial charge is 0.239 e. The van der Waals surface area contributed by atoms with Crippen molar-refractivity contribution in [3.63, 3.8) is 0 Å². The summed E-state index contributed by atoms with van der Waals surface area (Å²) in [6.45, 7) is 4.15. The molecule has 1 aliphatic heterocycles. The zero-order valence-electron chi connectivity index (χ0n) is 11.3. The minimum atomic E-state index is -0.468. The molecule has 2 rings (SSSR count). The molecule has 20 heavy (non-hydrogen) atoms. The fraction of sp³-hybridized carbons (Fsp3) is 0.462. The second-order valence-corrected chi connectivity index (χ2v) is 4.55. The van der Waals surface area contributed by atoms with E-state index in [1.54, 1.807) is 24.0 Å². The molecule has 0 radical (unpaired) electrons. The second kappa shape index (κ2) is 8.29. The zero-order chi connectivity index (χ0) is 13.1. The third kappa shape index (κ3) is 4.23. The van der Waals surface area contributed by atoms with Gasteiger partial charge in [0.25, 0.3) is 0 Å². The Morgan fingerprint density at radius 3 is 2.25 bits per heavy atom. The van der Waals surface area contributed by atoms with Crippen LogP contribution in [0.3, 0.4) is 0 Å². The quantitative estimate of drug-likeness (QED) is 0.900. The van der Waals surface area contributed by atoms with Gasteiger partial charge in [-0.25, -0.2) is 4.39 Å². The average Bonchev–Trinajstić information content (AvgIpc) is 2.38. The molecule has 1 aromatic rings. The topological polar surface area (TPSA) is 49.6 Å². The average molecular weight is 324 g/mol. The van der Waals surface area contributed by atoms with Crippen LogP contribution in [0.15, 0.2) is 24.3 Å². The molecule has 0 unspecified atom stereocenters. The van der Waals surface area contributed by atoms with E-state index in [1.165, 1.54) is 6.07 Å². The molecule has 4 nitrogen and oxygen atoms in total. The van der Waals surface area contributed by atoms with Gasteiger partial charge in [0.15, 0.2) is 0 Å². The number of carbonyl (C=O) groups excluding carboxylic acids is 1. The number of hydrogen-bond donors (Lipinski definition) is 1. The Balaban J connectivity index is 0.00000180. The van der Waals surface area contributed by atoms with Crippen LogP contribution in [0.5, 0.6) is 0 Å². The van der Waals surface area contributed by atoms with Crippen molar-refractivity contribution < 1.29 is 9.18 Å². The van der Waals surface area contributed by atoms with Crippen molar-refractivity contribution in [2.24, 2.45) is 5.73 Å². The maximum atomic E-state index is 13.6. The Kier molecular flexibility index (Phi) is 7.86. The van der Waals surface area contributed by atoms with Gasteiger partial charge in [0.1, 0.15) is 5.82 Å². The molecule has 1 saturated heterocycles. The molecule has 1 amide bonds. The van der Waals surface area contributed by atoms with Crippen LogP contribution in [0.2, 0.25) is 0 Å². The number of amides is 1. The van der Waals surface area contributed by atoms with Gasteiger partial charge in [-0.2, -0.15) is 0 Å². The second-order valence-electron chi connectivity index (χ2n) is 4.55. The third-order valence-electron chi connectivity index (χ3n) is 3.17. The largest absolute Gasteiger partial charge is 0.366 e. The van der Waals surface area contributed by atoms with Gasteiger partial charge in [0.2, 0.25) is 5.91 Å². The molecule has 0 spiro atoms. The Morgan fingerprint density at radius 1 is 1.20 bits per heavy atom. The normalized spacial score (nSPS) is 15.9. The lowest BCUT2D eigenvalue weighted by molar-refractivity contribution is -0.132. The van der Waals surface area contributed by atoms with Crippen molar-refractivity contribution in [1.82, 2.24) is 4.90 Å². The molecule has 0 bridgehead atoms. The molecule has 1 fully saturated rings. The van der Waals surface area contributed by atoms with Crippen LogP contribution >= 0.6 is 24.8 Å². The monoisotopic (exact) mass is 323 g/mol. The van der Waals surface area contributed by atoms with Crippen LogP contribution in [0.1, 0.15) is 6.92 Å². The molecule has 0 aliphatic carbocycles. The Bertz CT molecular complexity index is 437. The molecular formula is C13H20Cl2FN3O. The first-order valence-electron chi connectivity index (χ1n) is 6.13. The van der Waals surface area contributed by atoms with E-state index in [4.69, 9.17) is 5.73 Å². The van der Waals surface area contributed by atoms with Gasteiger partial charge >= 0.3 is 0 Å². The van der Waals surface area contributed by atoms with Crippen LogP contribution in [0.25, 0.3) is 0 Å². The number of para-hydroxylation sites is 1. The van der Waals surface area contributed by atoms with Gasteiger partial charge in [-0.1, -0.05) is 12.1 Å². The minimum absolute atomic E-state index is 0. The molecular weight excluding hydrogens is 304 g/mol. The highest BCUT2D eigenvalue weighted by Crippen LogP contribution is 2.20. The standard InChI is InChI=1S/C13H18FN3O.2ClH/c1-10(15)13(18)17-8-6-16(7-9-17)12-5-3-2-4-11(12)14;;/h2-5,10H,6-9,15H2,1H3;2*1H/t10-;;/m0../s1. The molecule has 1 atom stereocenters. The first-order chi connectivity index (χ1) is 8.59. The molecule has 7 heteroatoms. The van der Waals surface area contributed by atoms with E-state index in [2.05, 4.69) is 0 Å². The van der Waals surface area contributed by atoms with E-state index in [0.717, 1.165) is 0 Å². The molecule has 0 aromatic heterocycles. The van der Waals surface area contributed by atoms with E-state index in [1.807, 2.05) is 11.0 Å². The first-order valence-corrected chi connectivity index (χ1v) is 6.13. The van der Waals surface area contributed by atoms with Crippen molar-refractivity contribution >= 4 is 36.4 Å². The summed E-state index contributed by atoms with van der Waals surface area (Å²) in [7, 11) is 0. The summed E-state index contributed by atoms with van der Waals surface area (Å²) < 4.78 is 13.6. The predicted octanol–water partition coefficient (Wildman–Crippen LogP) is 1.67. The number of halogens is 3. The first kappa shape index (κ1) is 19.0. The summed E-state index contributed by atoms with van der Waals surface area (Å²) in [5.74, 6) is -0.257. The SMILES string of the molecule is C[C@H](N)C(=O)N1CCN(c2ccccc2F)CC1.Cl.Cl. The molecule has 1 aromatic carbocycles. The molecule has 2 N–H and O–H groups in total. The maximum Gasteiger partial charge on any atom is 0.239 e. The van der Waals surface area contributed by atoms with Crippen molar-refractivity contribution in [3.05, 3.63) is 30.1 Å².